The first-order valence-corrected chi connectivity index (χ1v) is 5.83. The van der Waals surface area contributed by atoms with Crippen LogP contribution in [0.2, 0.25) is 0 Å². The van der Waals surface area contributed by atoms with Crippen molar-refractivity contribution in [3.8, 4) is 6.07 Å². The summed E-state index contributed by atoms with van der Waals surface area (Å²) in [7, 11) is 0. The Kier molecular flexibility index (Phi) is 4.28. The van der Waals surface area contributed by atoms with Crippen LogP contribution in [0, 0.1) is 11.3 Å². The fourth-order valence-corrected chi connectivity index (χ4v) is 1.67. The quantitative estimate of drug-likeness (QED) is 0.765. The number of amides is 1. The predicted molar refractivity (Wildman–Crippen MR) is 72.1 cm³/mol. The van der Waals surface area contributed by atoms with E-state index in [9.17, 15) is 4.79 Å². The number of hydrogen-bond acceptors (Lipinski definition) is 2. The van der Waals surface area contributed by atoms with Crippen LogP contribution in [0.5, 0.6) is 0 Å². The van der Waals surface area contributed by atoms with Gasteiger partial charge in [0, 0.05) is 17.6 Å². The molecule has 0 N–H and O–H groups in total. The van der Waals surface area contributed by atoms with E-state index in [0.29, 0.717) is 17.7 Å². The van der Waals surface area contributed by atoms with Gasteiger partial charge in [0.15, 0.2) is 0 Å². The normalized spacial score (nSPS) is 10.6. The molecule has 0 fully saturated rings. The van der Waals surface area contributed by atoms with Gasteiger partial charge in [0.25, 0.3) is 5.91 Å². The van der Waals surface area contributed by atoms with Crippen molar-refractivity contribution in [2.24, 2.45) is 0 Å². The summed E-state index contributed by atoms with van der Waals surface area (Å²) < 4.78 is 0. The van der Waals surface area contributed by atoms with Gasteiger partial charge in [-0.25, -0.2) is 0 Å². The second-order valence-electron chi connectivity index (χ2n) is 5.07. The van der Waals surface area contributed by atoms with Crippen molar-refractivity contribution in [2.75, 3.05) is 6.54 Å². The maximum Gasteiger partial charge on any atom is 0.254 e. The molecule has 0 aromatic heterocycles. The van der Waals surface area contributed by atoms with E-state index in [2.05, 4.69) is 6.58 Å². The van der Waals surface area contributed by atoms with Gasteiger partial charge in [0.05, 0.1) is 11.6 Å². The minimum Gasteiger partial charge on any atom is -0.330 e. The summed E-state index contributed by atoms with van der Waals surface area (Å²) >= 11 is 0. The van der Waals surface area contributed by atoms with Gasteiger partial charge in [-0.3, -0.25) is 4.79 Å². The molecule has 0 saturated carbocycles. The predicted octanol–water partition coefficient (Wildman–Crippen LogP) is 2.98. The molecule has 18 heavy (non-hydrogen) atoms. The largest absolute Gasteiger partial charge is 0.330 e. The smallest absolute Gasteiger partial charge is 0.254 e. The highest BCUT2D eigenvalue weighted by Gasteiger charge is 2.26. The molecule has 0 unspecified atom stereocenters. The summed E-state index contributed by atoms with van der Waals surface area (Å²) in [5, 5.41) is 8.85. The molecule has 0 spiro atoms. The Morgan fingerprint density at radius 1 is 1.50 bits per heavy atom. The molecule has 0 aliphatic heterocycles. The topological polar surface area (TPSA) is 44.1 Å². The van der Waals surface area contributed by atoms with E-state index in [1.807, 2.05) is 26.8 Å². The van der Waals surface area contributed by atoms with Gasteiger partial charge < -0.3 is 4.90 Å². The summed E-state index contributed by atoms with van der Waals surface area (Å²) in [5.41, 5.74) is 0.743. The number of benzene rings is 1. The molecule has 3 nitrogen and oxygen atoms in total. The molecule has 0 aliphatic rings. The Morgan fingerprint density at radius 2 is 2.17 bits per heavy atom. The first-order chi connectivity index (χ1) is 8.40. The SMILES string of the molecule is C=CCN(C(=O)c1cccc(C#N)c1)C(C)(C)C. The van der Waals surface area contributed by atoms with Crippen LogP contribution in [-0.2, 0) is 0 Å². The van der Waals surface area contributed by atoms with Gasteiger partial charge >= 0.3 is 0 Å². The van der Waals surface area contributed by atoms with Crippen LogP contribution >= 0.6 is 0 Å². The van der Waals surface area contributed by atoms with Crippen molar-refractivity contribution in [1.82, 2.24) is 4.90 Å². The Bertz CT molecular complexity index is 492. The first kappa shape index (κ1) is 14.0. The molecule has 1 aromatic rings. The first-order valence-electron chi connectivity index (χ1n) is 5.83. The highest BCUT2D eigenvalue weighted by molar-refractivity contribution is 5.95. The van der Waals surface area contributed by atoms with Gasteiger partial charge in [-0.2, -0.15) is 5.26 Å². The third-order valence-electron chi connectivity index (χ3n) is 2.61. The highest BCUT2D eigenvalue weighted by Crippen LogP contribution is 2.17. The van der Waals surface area contributed by atoms with Crippen molar-refractivity contribution >= 4 is 5.91 Å². The van der Waals surface area contributed by atoms with Gasteiger partial charge in [-0.05, 0) is 39.0 Å². The lowest BCUT2D eigenvalue weighted by atomic mass is 10.0. The lowest BCUT2D eigenvalue weighted by molar-refractivity contribution is 0.0616. The average Bonchev–Trinajstić information content (AvgIpc) is 2.34. The second-order valence-corrected chi connectivity index (χ2v) is 5.07. The molecule has 94 valence electrons. The Labute approximate surface area is 108 Å². The zero-order chi connectivity index (χ0) is 13.8. The van der Waals surface area contributed by atoms with Crippen LogP contribution < -0.4 is 0 Å². The van der Waals surface area contributed by atoms with Crippen LogP contribution in [0.25, 0.3) is 0 Å². The molecular formula is C15H18N2O. The lowest BCUT2D eigenvalue weighted by Gasteiger charge is -2.35. The Morgan fingerprint density at radius 3 is 2.67 bits per heavy atom. The van der Waals surface area contributed by atoms with Crippen molar-refractivity contribution in [3.05, 3.63) is 48.0 Å². The molecule has 1 aromatic carbocycles. The van der Waals surface area contributed by atoms with Crippen LogP contribution in [0.3, 0.4) is 0 Å². The van der Waals surface area contributed by atoms with E-state index in [1.165, 1.54) is 0 Å². The van der Waals surface area contributed by atoms with Crippen molar-refractivity contribution in [1.29, 1.82) is 5.26 Å². The third kappa shape index (κ3) is 3.21. The molecule has 0 atom stereocenters. The van der Waals surface area contributed by atoms with E-state index < -0.39 is 0 Å². The minimum absolute atomic E-state index is 0.0838. The van der Waals surface area contributed by atoms with E-state index in [4.69, 9.17) is 5.26 Å². The fraction of sp³-hybridized carbons (Fsp3) is 0.333. The third-order valence-corrected chi connectivity index (χ3v) is 2.61. The maximum absolute atomic E-state index is 12.4. The van der Waals surface area contributed by atoms with Crippen LogP contribution in [-0.4, -0.2) is 22.9 Å². The molecule has 3 heteroatoms. The maximum atomic E-state index is 12.4. The van der Waals surface area contributed by atoms with Crippen molar-refractivity contribution < 1.29 is 4.79 Å². The minimum atomic E-state index is -0.284. The molecule has 1 rings (SSSR count). The molecule has 0 radical (unpaired) electrons. The Hall–Kier alpha value is -2.08. The number of carbonyl (C=O) groups excluding carboxylic acids is 1. The fourth-order valence-electron chi connectivity index (χ4n) is 1.67. The summed E-state index contributed by atoms with van der Waals surface area (Å²) in [6, 6.07) is 8.79. The number of hydrogen-bond donors (Lipinski definition) is 0. The van der Waals surface area contributed by atoms with Gasteiger partial charge in [-0.1, -0.05) is 12.1 Å². The summed E-state index contributed by atoms with van der Waals surface area (Å²) in [6.07, 6.45) is 1.71. The lowest BCUT2D eigenvalue weighted by Crippen LogP contribution is -2.45. The Balaban J connectivity index is 3.10. The van der Waals surface area contributed by atoms with Crippen LogP contribution in [0.4, 0.5) is 0 Å². The molecule has 0 aliphatic carbocycles. The van der Waals surface area contributed by atoms with Crippen molar-refractivity contribution in [2.45, 2.75) is 26.3 Å². The van der Waals surface area contributed by atoms with Crippen molar-refractivity contribution in [3.63, 3.8) is 0 Å². The van der Waals surface area contributed by atoms with E-state index in [1.54, 1.807) is 35.2 Å². The molecule has 0 saturated heterocycles. The number of nitriles is 1. The summed E-state index contributed by atoms with van der Waals surface area (Å²) in [4.78, 5) is 14.2. The standard InChI is InChI=1S/C15H18N2O/c1-5-9-17(15(2,3)4)14(18)13-8-6-7-12(10-13)11-16/h5-8,10H,1,9H2,2-4H3. The van der Waals surface area contributed by atoms with Crippen LogP contribution in [0.1, 0.15) is 36.7 Å². The molecule has 0 bridgehead atoms. The zero-order valence-corrected chi connectivity index (χ0v) is 11.1. The van der Waals surface area contributed by atoms with Gasteiger partial charge in [0.2, 0.25) is 0 Å². The second kappa shape index (κ2) is 5.50. The monoisotopic (exact) mass is 242 g/mol. The number of nitrogens with zero attached hydrogens (tertiary/aromatic N) is 2. The molecule has 0 heterocycles. The number of carbonyl (C=O) groups is 1. The van der Waals surface area contributed by atoms with Crippen LogP contribution in [0.15, 0.2) is 36.9 Å². The summed E-state index contributed by atoms with van der Waals surface area (Å²) in [5.74, 6) is -0.0838. The number of rotatable bonds is 3. The van der Waals surface area contributed by atoms with E-state index in [0.717, 1.165) is 0 Å². The van der Waals surface area contributed by atoms with Gasteiger partial charge in [0.1, 0.15) is 0 Å². The highest BCUT2D eigenvalue weighted by atomic mass is 16.2. The molecule has 1 amide bonds. The molecular weight excluding hydrogens is 224 g/mol. The van der Waals surface area contributed by atoms with Gasteiger partial charge in [-0.15, -0.1) is 6.58 Å². The average molecular weight is 242 g/mol. The summed E-state index contributed by atoms with van der Waals surface area (Å²) in [6.45, 7) is 10.1. The zero-order valence-electron chi connectivity index (χ0n) is 11.1. The van der Waals surface area contributed by atoms with E-state index in [-0.39, 0.29) is 11.4 Å². The van der Waals surface area contributed by atoms with E-state index >= 15 is 0 Å².